The second-order valence-electron chi connectivity index (χ2n) is 6.90. The van der Waals surface area contributed by atoms with Crippen molar-refractivity contribution in [2.75, 3.05) is 34.2 Å². The van der Waals surface area contributed by atoms with Crippen molar-refractivity contribution in [3.63, 3.8) is 0 Å². The largest absolute Gasteiger partial charge is 0.493 e. The summed E-state index contributed by atoms with van der Waals surface area (Å²) in [4.78, 5) is 0. The normalized spacial score (nSPS) is 25.7. The predicted molar refractivity (Wildman–Crippen MR) is 99.8 cm³/mol. The zero-order valence-electron chi connectivity index (χ0n) is 15.8. The van der Waals surface area contributed by atoms with Gasteiger partial charge in [-0.3, -0.25) is 0 Å². The van der Waals surface area contributed by atoms with Crippen LogP contribution in [0.4, 0.5) is 0 Å². The first-order valence-electron chi connectivity index (χ1n) is 9.18. The minimum atomic E-state index is -0.391. The van der Waals surface area contributed by atoms with Crippen molar-refractivity contribution in [2.45, 2.75) is 12.2 Å². The molecular weight excluding hydrogens is 364 g/mol. The number of benzene rings is 2. The van der Waals surface area contributed by atoms with Crippen LogP contribution in [0.25, 0.3) is 0 Å². The van der Waals surface area contributed by atoms with Crippen LogP contribution in [0.3, 0.4) is 0 Å². The molecule has 0 amide bonds. The van der Waals surface area contributed by atoms with E-state index in [9.17, 15) is 10.2 Å². The van der Waals surface area contributed by atoms with Gasteiger partial charge >= 0.3 is 0 Å². The van der Waals surface area contributed by atoms with Crippen molar-refractivity contribution in [1.82, 2.24) is 0 Å². The number of aliphatic hydroxyl groups excluding tert-OH is 2. The van der Waals surface area contributed by atoms with Crippen molar-refractivity contribution in [3.05, 3.63) is 47.5 Å². The molecule has 4 atom stereocenters. The van der Waals surface area contributed by atoms with E-state index in [-0.39, 0.29) is 37.9 Å². The highest BCUT2D eigenvalue weighted by Gasteiger charge is 2.45. The number of ether oxygens (including phenoxy) is 5. The Morgan fingerprint density at radius 2 is 1.43 bits per heavy atom. The van der Waals surface area contributed by atoms with E-state index in [4.69, 9.17) is 23.7 Å². The lowest BCUT2D eigenvalue weighted by Crippen LogP contribution is -2.23. The molecule has 2 aliphatic heterocycles. The Labute approximate surface area is 163 Å². The van der Waals surface area contributed by atoms with Crippen LogP contribution in [0.1, 0.15) is 23.3 Å². The second kappa shape index (κ2) is 7.87. The molecule has 1 fully saturated rings. The zero-order valence-corrected chi connectivity index (χ0v) is 15.8. The molecule has 0 aromatic heterocycles. The van der Waals surface area contributed by atoms with Gasteiger partial charge in [-0.05, 0) is 35.4 Å². The highest BCUT2D eigenvalue weighted by Crippen LogP contribution is 2.51. The van der Waals surface area contributed by atoms with Gasteiger partial charge in [-0.25, -0.2) is 0 Å². The van der Waals surface area contributed by atoms with E-state index in [1.54, 1.807) is 14.2 Å². The van der Waals surface area contributed by atoms with Crippen molar-refractivity contribution in [2.24, 2.45) is 11.8 Å². The number of fused-ring (bicyclic) bond motifs is 1. The second-order valence-corrected chi connectivity index (χ2v) is 6.90. The average Bonchev–Trinajstić information content (AvgIpc) is 3.36. The standard InChI is InChI=1S/C21H24O7/c1-24-16-5-3-12(7-18(16)25-2)20-14(9-22)15(10-23)21(28-20)13-4-6-17-19(8-13)27-11-26-17/h3-8,14-15,20-23H,9-11H2,1-2H3/t14-,15+,20+,21-/m0/s1. The number of aliphatic hydroxyl groups is 2. The van der Waals surface area contributed by atoms with Crippen molar-refractivity contribution in [1.29, 1.82) is 0 Å². The maximum atomic E-state index is 10.1. The molecule has 0 unspecified atom stereocenters. The molecule has 4 rings (SSSR count). The summed E-state index contributed by atoms with van der Waals surface area (Å²) in [5, 5.41) is 20.1. The van der Waals surface area contributed by atoms with E-state index in [0.29, 0.717) is 23.0 Å². The van der Waals surface area contributed by atoms with Crippen molar-refractivity contribution >= 4 is 0 Å². The molecule has 0 radical (unpaired) electrons. The summed E-state index contributed by atoms with van der Waals surface area (Å²) in [6.07, 6.45) is -0.771. The smallest absolute Gasteiger partial charge is 0.231 e. The predicted octanol–water partition coefficient (Wildman–Crippen LogP) is 2.46. The minimum Gasteiger partial charge on any atom is -0.493 e. The Kier molecular flexibility index (Phi) is 5.30. The van der Waals surface area contributed by atoms with E-state index in [1.165, 1.54) is 0 Å². The Morgan fingerprint density at radius 1 is 0.821 bits per heavy atom. The molecule has 28 heavy (non-hydrogen) atoms. The molecule has 2 heterocycles. The molecular formula is C21H24O7. The molecule has 2 aromatic rings. The summed E-state index contributed by atoms with van der Waals surface area (Å²) >= 11 is 0. The lowest BCUT2D eigenvalue weighted by molar-refractivity contribution is 0.0183. The molecule has 2 aromatic carbocycles. The van der Waals surface area contributed by atoms with E-state index in [0.717, 1.165) is 11.1 Å². The summed E-state index contributed by atoms with van der Waals surface area (Å²) in [5.74, 6) is 2.04. The molecule has 7 heteroatoms. The molecule has 0 aliphatic carbocycles. The molecule has 0 bridgehead atoms. The SMILES string of the molecule is COc1ccc([C@H]2O[C@@H](c3ccc4c(c3)OCO4)[C@H](CO)[C@@H]2CO)cc1OC. The van der Waals surface area contributed by atoms with Gasteiger partial charge in [0.15, 0.2) is 23.0 Å². The summed E-state index contributed by atoms with van der Waals surface area (Å²) in [7, 11) is 3.16. The van der Waals surface area contributed by atoms with E-state index < -0.39 is 6.10 Å². The first-order chi connectivity index (χ1) is 13.7. The van der Waals surface area contributed by atoms with Gasteiger partial charge < -0.3 is 33.9 Å². The fraction of sp³-hybridized carbons (Fsp3) is 0.429. The molecule has 0 saturated carbocycles. The monoisotopic (exact) mass is 388 g/mol. The van der Waals surface area contributed by atoms with Gasteiger partial charge in [0.05, 0.1) is 26.4 Å². The molecule has 1 saturated heterocycles. The molecule has 7 nitrogen and oxygen atoms in total. The van der Waals surface area contributed by atoms with Gasteiger partial charge in [0.2, 0.25) is 6.79 Å². The van der Waals surface area contributed by atoms with Gasteiger partial charge in [-0.2, -0.15) is 0 Å². The van der Waals surface area contributed by atoms with Crippen LogP contribution < -0.4 is 18.9 Å². The number of methoxy groups -OCH3 is 2. The van der Waals surface area contributed by atoms with E-state index in [2.05, 4.69) is 0 Å². The third kappa shape index (κ3) is 3.15. The van der Waals surface area contributed by atoms with Crippen LogP contribution >= 0.6 is 0 Å². The first kappa shape index (κ1) is 18.9. The maximum Gasteiger partial charge on any atom is 0.231 e. The van der Waals surface area contributed by atoms with Gasteiger partial charge in [-0.15, -0.1) is 0 Å². The van der Waals surface area contributed by atoms with Crippen LogP contribution in [-0.2, 0) is 4.74 Å². The third-order valence-electron chi connectivity index (χ3n) is 5.50. The Balaban J connectivity index is 1.68. The number of hydrogen-bond acceptors (Lipinski definition) is 7. The summed E-state index contributed by atoms with van der Waals surface area (Å²) in [6.45, 7) is -0.0132. The van der Waals surface area contributed by atoms with Crippen molar-refractivity contribution in [3.8, 4) is 23.0 Å². The summed E-state index contributed by atoms with van der Waals surface area (Å²) in [5.41, 5.74) is 1.74. The molecule has 2 N–H and O–H groups in total. The van der Waals surface area contributed by atoms with Crippen LogP contribution in [0.15, 0.2) is 36.4 Å². The molecule has 150 valence electrons. The number of hydrogen-bond donors (Lipinski definition) is 2. The fourth-order valence-electron chi connectivity index (χ4n) is 4.04. The quantitative estimate of drug-likeness (QED) is 0.786. The lowest BCUT2D eigenvalue weighted by Gasteiger charge is -2.21. The van der Waals surface area contributed by atoms with Crippen LogP contribution in [-0.4, -0.2) is 44.4 Å². The first-order valence-corrected chi connectivity index (χ1v) is 9.18. The summed E-state index contributed by atoms with van der Waals surface area (Å²) in [6, 6.07) is 11.2. The topological polar surface area (TPSA) is 86.6 Å². The Morgan fingerprint density at radius 3 is 2.07 bits per heavy atom. The maximum absolute atomic E-state index is 10.1. The zero-order chi connectivity index (χ0) is 19.7. The van der Waals surface area contributed by atoms with Gasteiger partial charge in [-0.1, -0.05) is 12.1 Å². The van der Waals surface area contributed by atoms with E-state index >= 15 is 0 Å². The van der Waals surface area contributed by atoms with E-state index in [1.807, 2.05) is 36.4 Å². The average molecular weight is 388 g/mol. The van der Waals surface area contributed by atoms with Crippen molar-refractivity contribution < 1.29 is 33.9 Å². The van der Waals surface area contributed by atoms with Gasteiger partial charge in [0.25, 0.3) is 0 Å². The van der Waals surface area contributed by atoms with Crippen LogP contribution in [0.5, 0.6) is 23.0 Å². The lowest BCUT2D eigenvalue weighted by atomic mass is 9.83. The van der Waals surface area contributed by atoms with Crippen LogP contribution in [0, 0.1) is 11.8 Å². The summed E-state index contributed by atoms with van der Waals surface area (Å²) < 4.78 is 27.9. The highest BCUT2D eigenvalue weighted by atomic mass is 16.7. The number of rotatable bonds is 6. The minimum absolute atomic E-state index is 0.103. The fourth-order valence-corrected chi connectivity index (χ4v) is 4.04. The highest BCUT2D eigenvalue weighted by molar-refractivity contribution is 5.46. The van der Waals surface area contributed by atoms with Gasteiger partial charge in [0.1, 0.15) is 0 Å². The Bertz CT molecular complexity index is 837. The Hall–Kier alpha value is -2.48. The van der Waals surface area contributed by atoms with Crippen LogP contribution in [0.2, 0.25) is 0 Å². The van der Waals surface area contributed by atoms with Gasteiger partial charge in [0, 0.05) is 25.0 Å². The molecule has 2 aliphatic rings. The molecule has 0 spiro atoms. The third-order valence-corrected chi connectivity index (χ3v) is 5.50.